The van der Waals surface area contributed by atoms with Gasteiger partial charge in [-0.25, -0.2) is 9.97 Å². The first-order valence-corrected chi connectivity index (χ1v) is 8.41. The van der Waals surface area contributed by atoms with Crippen LogP contribution in [-0.4, -0.2) is 31.0 Å². The van der Waals surface area contributed by atoms with Gasteiger partial charge in [-0.3, -0.25) is 14.9 Å². The lowest BCUT2D eigenvalue weighted by atomic mass is 10.1. The first-order valence-electron chi connectivity index (χ1n) is 8.41. The van der Waals surface area contributed by atoms with Gasteiger partial charge in [0.05, 0.1) is 16.0 Å². The lowest BCUT2D eigenvalue weighted by molar-refractivity contribution is -0.384. The van der Waals surface area contributed by atoms with Crippen molar-refractivity contribution in [3.8, 4) is 11.3 Å². The summed E-state index contributed by atoms with van der Waals surface area (Å²) in [4.78, 5) is 34.7. The number of H-pyrrole nitrogens is 1. The van der Waals surface area contributed by atoms with Gasteiger partial charge in [-0.1, -0.05) is 0 Å². The average Bonchev–Trinajstić information content (AvgIpc) is 3.03. The summed E-state index contributed by atoms with van der Waals surface area (Å²) in [6, 6.07) is 8.02. The van der Waals surface area contributed by atoms with Crippen LogP contribution >= 0.6 is 0 Å². The van der Waals surface area contributed by atoms with E-state index < -0.39 is 4.92 Å². The van der Waals surface area contributed by atoms with E-state index in [0.717, 1.165) is 0 Å². The number of aryl methyl sites for hydroxylation is 1. The zero-order valence-corrected chi connectivity index (χ0v) is 14.3. The highest BCUT2D eigenvalue weighted by Gasteiger charge is 2.18. The first-order chi connectivity index (χ1) is 13.1. The van der Waals surface area contributed by atoms with Gasteiger partial charge in [-0.2, -0.15) is 0 Å². The smallest absolute Gasteiger partial charge is 0.275 e. The van der Waals surface area contributed by atoms with E-state index in [1.807, 2.05) is 4.57 Å². The third kappa shape index (κ3) is 2.93. The number of benzene rings is 1. The van der Waals surface area contributed by atoms with Crippen LogP contribution in [0.25, 0.3) is 33.3 Å². The van der Waals surface area contributed by atoms with Crippen molar-refractivity contribution < 1.29 is 4.92 Å². The van der Waals surface area contributed by atoms with E-state index in [-0.39, 0.29) is 16.9 Å². The van der Waals surface area contributed by atoms with Gasteiger partial charge < -0.3 is 15.3 Å². The van der Waals surface area contributed by atoms with Crippen LogP contribution in [-0.2, 0) is 6.54 Å². The Balaban J connectivity index is 1.97. The van der Waals surface area contributed by atoms with Crippen LogP contribution in [0.3, 0.4) is 0 Å². The van der Waals surface area contributed by atoms with E-state index in [9.17, 15) is 14.9 Å². The molecule has 3 aromatic heterocycles. The molecule has 0 saturated carbocycles. The maximum Gasteiger partial charge on any atom is 0.275 e. The summed E-state index contributed by atoms with van der Waals surface area (Å²) in [6.07, 6.45) is 4.09. The maximum atomic E-state index is 12.6. The third-order valence-corrected chi connectivity index (χ3v) is 4.40. The van der Waals surface area contributed by atoms with Gasteiger partial charge in [0.1, 0.15) is 5.69 Å². The molecule has 136 valence electrons. The van der Waals surface area contributed by atoms with E-state index >= 15 is 0 Å². The summed E-state index contributed by atoms with van der Waals surface area (Å²) >= 11 is 0. The summed E-state index contributed by atoms with van der Waals surface area (Å²) in [5.41, 5.74) is 7.72. The number of nitrogens with zero attached hydrogens (tertiary/aromatic N) is 4. The zero-order valence-electron chi connectivity index (χ0n) is 14.3. The molecule has 3 heterocycles. The van der Waals surface area contributed by atoms with Gasteiger partial charge in [0.2, 0.25) is 0 Å². The Morgan fingerprint density at radius 2 is 2.15 bits per heavy atom. The highest BCUT2D eigenvalue weighted by Crippen LogP contribution is 2.31. The summed E-state index contributed by atoms with van der Waals surface area (Å²) in [5, 5.41) is 11.9. The van der Waals surface area contributed by atoms with Crippen molar-refractivity contribution in [1.29, 1.82) is 0 Å². The number of pyridine rings is 1. The minimum Gasteiger partial charge on any atom is -0.347 e. The fraction of sp³-hybridized carbons (Fsp3) is 0.167. The Morgan fingerprint density at radius 1 is 1.30 bits per heavy atom. The number of nitro groups is 1. The van der Waals surface area contributed by atoms with Crippen molar-refractivity contribution >= 4 is 27.8 Å². The van der Waals surface area contributed by atoms with Gasteiger partial charge in [0.15, 0.2) is 5.65 Å². The van der Waals surface area contributed by atoms with Crippen molar-refractivity contribution in [2.24, 2.45) is 5.73 Å². The number of nitrogens with one attached hydrogen (secondary N) is 1. The molecule has 0 spiro atoms. The molecule has 0 atom stereocenters. The molecule has 0 fully saturated rings. The Labute approximate surface area is 152 Å². The average molecular weight is 364 g/mol. The number of nitrogens with two attached hydrogens (primary N) is 1. The molecule has 0 saturated heterocycles. The van der Waals surface area contributed by atoms with Crippen LogP contribution in [0.1, 0.15) is 6.42 Å². The van der Waals surface area contributed by atoms with E-state index in [2.05, 4.69) is 15.0 Å². The third-order valence-electron chi connectivity index (χ3n) is 4.40. The Hall–Kier alpha value is -3.59. The number of nitro benzene ring substituents is 1. The molecule has 9 nitrogen and oxygen atoms in total. The highest BCUT2D eigenvalue weighted by molar-refractivity contribution is 5.96. The second kappa shape index (κ2) is 6.61. The van der Waals surface area contributed by atoms with Crippen LogP contribution in [0, 0.1) is 10.1 Å². The van der Waals surface area contributed by atoms with Gasteiger partial charge >= 0.3 is 0 Å². The number of hydrogen-bond donors (Lipinski definition) is 2. The van der Waals surface area contributed by atoms with Crippen molar-refractivity contribution in [1.82, 2.24) is 19.5 Å². The molecule has 4 rings (SSSR count). The molecule has 4 aromatic rings. The number of non-ortho nitro benzene ring substituents is 1. The van der Waals surface area contributed by atoms with E-state index in [0.29, 0.717) is 47.1 Å². The van der Waals surface area contributed by atoms with E-state index in [4.69, 9.17) is 5.73 Å². The monoisotopic (exact) mass is 364 g/mol. The van der Waals surface area contributed by atoms with Gasteiger partial charge in [0.25, 0.3) is 11.2 Å². The summed E-state index contributed by atoms with van der Waals surface area (Å²) in [5.74, 6) is 0. The molecule has 1 aromatic carbocycles. The lowest BCUT2D eigenvalue weighted by Gasteiger charge is -2.03. The molecule has 0 bridgehead atoms. The van der Waals surface area contributed by atoms with Gasteiger partial charge in [0, 0.05) is 42.0 Å². The minimum atomic E-state index is -0.440. The van der Waals surface area contributed by atoms with Crippen molar-refractivity contribution in [3.05, 3.63) is 63.2 Å². The number of rotatable bonds is 5. The van der Waals surface area contributed by atoms with Gasteiger partial charge in [-0.05, 0) is 31.2 Å². The van der Waals surface area contributed by atoms with Crippen LogP contribution in [0.4, 0.5) is 5.69 Å². The molecular formula is C18H16N6O3. The predicted molar refractivity (Wildman–Crippen MR) is 101 cm³/mol. The van der Waals surface area contributed by atoms with Crippen LogP contribution < -0.4 is 11.3 Å². The maximum absolute atomic E-state index is 12.6. The van der Waals surface area contributed by atoms with Crippen LogP contribution in [0.15, 0.2) is 47.5 Å². The standard InChI is InChI=1S/C18H16N6O3/c19-6-2-8-23-10-13(12-5-4-11(24(26)27)9-15(12)23)16-18(25)21-14-3-1-7-20-17(14)22-16/h1,3-5,7,9-10H,2,6,8,19H2,(H,21,25). The summed E-state index contributed by atoms with van der Waals surface area (Å²) in [7, 11) is 0. The van der Waals surface area contributed by atoms with E-state index in [1.165, 1.54) is 12.1 Å². The molecule has 0 amide bonds. The Morgan fingerprint density at radius 3 is 2.93 bits per heavy atom. The molecule has 0 aliphatic rings. The zero-order chi connectivity index (χ0) is 19.0. The normalized spacial score (nSPS) is 11.3. The molecule has 0 aliphatic carbocycles. The second-order valence-electron chi connectivity index (χ2n) is 6.13. The highest BCUT2D eigenvalue weighted by atomic mass is 16.6. The minimum absolute atomic E-state index is 0.0109. The fourth-order valence-corrected chi connectivity index (χ4v) is 3.13. The Bertz CT molecular complexity index is 1230. The van der Waals surface area contributed by atoms with Crippen LogP contribution in [0.2, 0.25) is 0 Å². The van der Waals surface area contributed by atoms with Gasteiger partial charge in [-0.15, -0.1) is 0 Å². The number of fused-ring (bicyclic) bond motifs is 2. The quantitative estimate of drug-likeness (QED) is 0.412. The first kappa shape index (κ1) is 16.9. The fourth-order valence-electron chi connectivity index (χ4n) is 3.13. The molecule has 0 unspecified atom stereocenters. The number of hydrogen-bond acceptors (Lipinski definition) is 6. The van der Waals surface area contributed by atoms with E-state index in [1.54, 1.807) is 30.6 Å². The number of aromatic amines is 1. The largest absolute Gasteiger partial charge is 0.347 e. The lowest BCUT2D eigenvalue weighted by Crippen LogP contribution is -2.11. The summed E-state index contributed by atoms with van der Waals surface area (Å²) < 4.78 is 1.87. The molecule has 9 heteroatoms. The topological polar surface area (TPSA) is 133 Å². The molecular weight excluding hydrogens is 348 g/mol. The Kier molecular flexibility index (Phi) is 4.13. The molecule has 0 aliphatic heterocycles. The second-order valence-corrected chi connectivity index (χ2v) is 6.13. The van der Waals surface area contributed by atoms with Crippen molar-refractivity contribution in [2.45, 2.75) is 13.0 Å². The molecule has 27 heavy (non-hydrogen) atoms. The van der Waals surface area contributed by atoms with Crippen molar-refractivity contribution in [3.63, 3.8) is 0 Å². The van der Waals surface area contributed by atoms with Crippen molar-refractivity contribution in [2.75, 3.05) is 6.54 Å². The molecule has 3 N–H and O–H groups in total. The number of aromatic nitrogens is 4. The van der Waals surface area contributed by atoms with Crippen LogP contribution in [0.5, 0.6) is 0 Å². The molecule has 0 radical (unpaired) electrons. The SMILES string of the molecule is NCCCn1cc(-c2nc3ncccc3[nH]c2=O)c2ccc([N+](=O)[O-])cc21. The summed E-state index contributed by atoms with van der Waals surface area (Å²) in [6.45, 7) is 1.07. The predicted octanol–water partition coefficient (Wildman–Crippen LogP) is 2.20.